The van der Waals surface area contributed by atoms with Crippen molar-refractivity contribution in [2.24, 2.45) is 23.7 Å². The van der Waals surface area contributed by atoms with Crippen molar-refractivity contribution in [2.75, 3.05) is 4.90 Å². The van der Waals surface area contributed by atoms with Gasteiger partial charge in [-0.05, 0) is 48.9 Å². The van der Waals surface area contributed by atoms with E-state index in [1.54, 1.807) is 24.3 Å². The standard InChI is InChI=1S/C15H14ClNO3/c16-8-1-3-9(4-2-8)17-14(19)12-7-5-10(11(18)6-7)13(12)15(17)20/h1-4,7,10-13,18H,5-6H2. The van der Waals surface area contributed by atoms with Crippen molar-refractivity contribution in [3.63, 3.8) is 0 Å². The van der Waals surface area contributed by atoms with Crippen LogP contribution in [0.15, 0.2) is 24.3 Å². The molecule has 1 N–H and O–H groups in total. The molecule has 1 saturated heterocycles. The van der Waals surface area contributed by atoms with Gasteiger partial charge in [0.15, 0.2) is 0 Å². The lowest BCUT2D eigenvalue weighted by Crippen LogP contribution is -2.34. The number of carbonyl (C=O) groups is 2. The second-order valence-corrected chi connectivity index (χ2v) is 6.44. The van der Waals surface area contributed by atoms with Crippen molar-refractivity contribution in [3.8, 4) is 0 Å². The number of rotatable bonds is 1. The van der Waals surface area contributed by atoms with Gasteiger partial charge in [0.2, 0.25) is 11.8 Å². The molecule has 2 amide bonds. The molecule has 4 nitrogen and oxygen atoms in total. The number of amides is 2. The van der Waals surface area contributed by atoms with Crippen molar-refractivity contribution in [2.45, 2.75) is 18.9 Å². The van der Waals surface area contributed by atoms with Crippen molar-refractivity contribution in [1.29, 1.82) is 0 Å². The number of fused-ring (bicyclic) bond motifs is 5. The second kappa shape index (κ2) is 4.06. The maximum Gasteiger partial charge on any atom is 0.238 e. The van der Waals surface area contributed by atoms with E-state index in [1.165, 1.54) is 4.90 Å². The average molecular weight is 292 g/mol. The lowest BCUT2D eigenvalue weighted by atomic mass is 9.80. The molecule has 1 aliphatic heterocycles. The smallest absolute Gasteiger partial charge is 0.238 e. The fraction of sp³-hybridized carbons (Fsp3) is 0.467. The quantitative estimate of drug-likeness (QED) is 0.803. The normalized spacial score (nSPS) is 38.7. The van der Waals surface area contributed by atoms with Gasteiger partial charge < -0.3 is 5.11 Å². The van der Waals surface area contributed by atoms with E-state index in [0.29, 0.717) is 17.1 Å². The minimum absolute atomic E-state index is 0.0428. The summed E-state index contributed by atoms with van der Waals surface area (Å²) in [6.45, 7) is 0. The molecule has 4 rings (SSSR count). The van der Waals surface area contributed by atoms with E-state index in [-0.39, 0.29) is 35.5 Å². The van der Waals surface area contributed by atoms with E-state index in [2.05, 4.69) is 0 Å². The van der Waals surface area contributed by atoms with Gasteiger partial charge in [0.05, 0.1) is 23.6 Å². The predicted octanol–water partition coefficient (Wildman–Crippen LogP) is 1.85. The van der Waals surface area contributed by atoms with Crippen molar-refractivity contribution in [1.82, 2.24) is 0 Å². The van der Waals surface area contributed by atoms with Gasteiger partial charge in [0, 0.05) is 5.02 Å². The number of hydrogen-bond acceptors (Lipinski definition) is 3. The molecular formula is C15H14ClNO3. The fourth-order valence-corrected chi connectivity index (χ4v) is 4.40. The third-order valence-electron chi connectivity index (χ3n) is 5.07. The van der Waals surface area contributed by atoms with Crippen LogP contribution in [-0.4, -0.2) is 23.0 Å². The highest BCUT2D eigenvalue weighted by Crippen LogP contribution is 2.56. The fourth-order valence-electron chi connectivity index (χ4n) is 4.27. The molecule has 5 unspecified atom stereocenters. The number of halogens is 1. The summed E-state index contributed by atoms with van der Waals surface area (Å²) in [7, 11) is 0. The third kappa shape index (κ3) is 1.46. The Bertz CT molecular complexity index is 600. The summed E-state index contributed by atoms with van der Waals surface area (Å²) in [6.07, 6.45) is 1.03. The van der Waals surface area contributed by atoms with Crippen LogP contribution in [0.2, 0.25) is 5.02 Å². The number of hydrogen-bond donors (Lipinski definition) is 1. The zero-order valence-corrected chi connectivity index (χ0v) is 11.5. The Morgan fingerprint density at radius 3 is 2.40 bits per heavy atom. The molecular weight excluding hydrogens is 278 g/mol. The van der Waals surface area contributed by atoms with Crippen LogP contribution in [0.3, 0.4) is 0 Å². The summed E-state index contributed by atoms with van der Waals surface area (Å²) in [5.74, 6) is -0.707. The first-order valence-electron chi connectivity index (χ1n) is 6.89. The van der Waals surface area contributed by atoms with E-state index >= 15 is 0 Å². The molecule has 1 aromatic rings. The summed E-state index contributed by atoms with van der Waals surface area (Å²) >= 11 is 5.84. The molecule has 3 fully saturated rings. The van der Waals surface area contributed by atoms with Crippen molar-refractivity contribution < 1.29 is 14.7 Å². The SMILES string of the molecule is O=C1C2C3CC(O)C(C3)C2C(=O)N1c1ccc(Cl)cc1. The highest BCUT2D eigenvalue weighted by molar-refractivity contribution is 6.30. The number of imide groups is 1. The van der Waals surface area contributed by atoms with Crippen LogP contribution in [0.25, 0.3) is 0 Å². The van der Waals surface area contributed by atoms with Crippen LogP contribution in [0, 0.1) is 23.7 Å². The van der Waals surface area contributed by atoms with Gasteiger partial charge in [-0.2, -0.15) is 0 Å². The van der Waals surface area contributed by atoms with Crippen LogP contribution >= 0.6 is 11.6 Å². The molecule has 0 radical (unpaired) electrons. The summed E-state index contributed by atoms with van der Waals surface area (Å²) in [4.78, 5) is 26.4. The number of aliphatic hydroxyl groups excluding tert-OH is 1. The van der Waals surface area contributed by atoms with Gasteiger partial charge in [0.1, 0.15) is 0 Å². The Balaban J connectivity index is 1.72. The Labute approximate surface area is 121 Å². The zero-order valence-electron chi connectivity index (χ0n) is 10.7. The topological polar surface area (TPSA) is 57.6 Å². The van der Waals surface area contributed by atoms with Crippen molar-refractivity contribution in [3.05, 3.63) is 29.3 Å². The van der Waals surface area contributed by atoms with Crippen LogP contribution in [0.1, 0.15) is 12.8 Å². The van der Waals surface area contributed by atoms with E-state index in [9.17, 15) is 14.7 Å². The molecule has 104 valence electrons. The molecule has 20 heavy (non-hydrogen) atoms. The number of nitrogens with zero attached hydrogens (tertiary/aromatic N) is 1. The maximum absolute atomic E-state index is 12.6. The molecule has 3 aliphatic rings. The van der Waals surface area contributed by atoms with Crippen molar-refractivity contribution >= 4 is 29.1 Å². The van der Waals surface area contributed by atoms with E-state index in [1.807, 2.05) is 0 Å². The van der Waals surface area contributed by atoms with E-state index in [4.69, 9.17) is 11.6 Å². The lowest BCUT2D eigenvalue weighted by molar-refractivity contribution is -0.123. The molecule has 2 aliphatic carbocycles. The molecule has 1 aromatic carbocycles. The van der Waals surface area contributed by atoms with Crippen LogP contribution in [0.4, 0.5) is 5.69 Å². The largest absolute Gasteiger partial charge is 0.393 e. The first-order valence-corrected chi connectivity index (χ1v) is 7.27. The number of benzene rings is 1. The molecule has 5 atom stereocenters. The van der Waals surface area contributed by atoms with E-state index < -0.39 is 6.10 Å². The predicted molar refractivity (Wildman–Crippen MR) is 73.1 cm³/mol. The summed E-state index contributed by atoms with van der Waals surface area (Å²) in [5, 5.41) is 10.5. The summed E-state index contributed by atoms with van der Waals surface area (Å²) in [6, 6.07) is 6.74. The third-order valence-corrected chi connectivity index (χ3v) is 5.32. The van der Waals surface area contributed by atoms with Gasteiger partial charge in [-0.1, -0.05) is 11.6 Å². The lowest BCUT2D eigenvalue weighted by Gasteiger charge is -2.24. The summed E-state index contributed by atoms with van der Waals surface area (Å²) < 4.78 is 0. The van der Waals surface area contributed by atoms with Crippen LogP contribution < -0.4 is 4.90 Å². The van der Waals surface area contributed by atoms with Gasteiger partial charge in [-0.25, -0.2) is 0 Å². The molecule has 1 heterocycles. The van der Waals surface area contributed by atoms with Gasteiger partial charge in [-0.3, -0.25) is 14.5 Å². The van der Waals surface area contributed by atoms with E-state index in [0.717, 1.165) is 6.42 Å². The number of aliphatic hydroxyl groups is 1. The second-order valence-electron chi connectivity index (χ2n) is 6.00. The maximum atomic E-state index is 12.6. The van der Waals surface area contributed by atoms with Crippen LogP contribution in [-0.2, 0) is 9.59 Å². The Hall–Kier alpha value is -1.39. The van der Waals surface area contributed by atoms with Gasteiger partial charge >= 0.3 is 0 Å². The van der Waals surface area contributed by atoms with Gasteiger partial charge in [-0.15, -0.1) is 0 Å². The van der Waals surface area contributed by atoms with Gasteiger partial charge in [0.25, 0.3) is 0 Å². The minimum atomic E-state index is -0.428. The number of anilines is 1. The Morgan fingerprint density at radius 1 is 1.05 bits per heavy atom. The average Bonchev–Trinajstić information content (AvgIpc) is 3.03. The molecule has 2 bridgehead atoms. The molecule has 0 spiro atoms. The highest BCUT2D eigenvalue weighted by atomic mass is 35.5. The van der Waals surface area contributed by atoms with Crippen LogP contribution in [0.5, 0.6) is 0 Å². The molecule has 0 aromatic heterocycles. The Morgan fingerprint density at radius 2 is 1.70 bits per heavy atom. The molecule has 2 saturated carbocycles. The molecule has 5 heteroatoms. The highest BCUT2D eigenvalue weighted by Gasteiger charge is 2.63. The first-order chi connectivity index (χ1) is 9.58. The minimum Gasteiger partial charge on any atom is -0.393 e. The number of carbonyl (C=O) groups excluding carboxylic acids is 2. The zero-order chi connectivity index (χ0) is 14.0. The summed E-state index contributed by atoms with van der Waals surface area (Å²) in [5.41, 5.74) is 0.577. The Kier molecular flexibility index (Phi) is 2.51. The first kappa shape index (κ1) is 12.4. The monoisotopic (exact) mass is 291 g/mol.